The highest BCUT2D eigenvalue weighted by Crippen LogP contribution is 2.35. The smallest absolute Gasteiger partial charge is 0.341 e. The maximum absolute atomic E-state index is 12.7. The summed E-state index contributed by atoms with van der Waals surface area (Å²) in [4.78, 5) is 31.4. The molecule has 196 valence electrons. The van der Waals surface area contributed by atoms with Crippen LogP contribution in [0.2, 0.25) is 0 Å². The highest BCUT2D eigenvalue weighted by molar-refractivity contribution is 5.88. The molecule has 8 heteroatoms. The number of aromatic nitrogens is 2. The van der Waals surface area contributed by atoms with Gasteiger partial charge in [-0.2, -0.15) is 4.98 Å². The van der Waals surface area contributed by atoms with Gasteiger partial charge in [-0.1, -0.05) is 37.1 Å². The summed E-state index contributed by atoms with van der Waals surface area (Å²) in [6.45, 7) is 1.47. The number of oxazole rings is 1. The third-order valence-corrected chi connectivity index (χ3v) is 7.94. The third-order valence-electron chi connectivity index (χ3n) is 7.94. The van der Waals surface area contributed by atoms with Gasteiger partial charge in [0.15, 0.2) is 11.0 Å². The zero-order valence-corrected chi connectivity index (χ0v) is 21.4. The average Bonchev–Trinajstić information content (AvgIpc) is 3.69. The SMILES string of the molecule is COC[C@H]1CCCN1c1nc2ccc(-n3cc(C(=O)O)c(=O)cc3-c3ccc(C4CCCC4)cc3)cc2o1. The number of methoxy groups -OCH3 is 1. The van der Waals surface area contributed by atoms with E-state index in [1.165, 1.54) is 43.5 Å². The van der Waals surface area contributed by atoms with E-state index in [-0.39, 0.29) is 11.6 Å². The summed E-state index contributed by atoms with van der Waals surface area (Å²) in [5, 5.41) is 9.66. The molecule has 1 saturated carbocycles. The number of carboxylic acid groups (broad SMARTS) is 1. The maximum atomic E-state index is 12.7. The molecular formula is C30H31N3O5. The molecule has 2 aliphatic rings. The van der Waals surface area contributed by atoms with Crippen molar-refractivity contribution in [3.8, 4) is 16.9 Å². The average molecular weight is 514 g/mol. The van der Waals surface area contributed by atoms with Crippen molar-refractivity contribution in [3.05, 3.63) is 76.1 Å². The van der Waals surface area contributed by atoms with Crippen molar-refractivity contribution in [3.63, 3.8) is 0 Å². The molecule has 6 rings (SSSR count). The summed E-state index contributed by atoms with van der Waals surface area (Å²) >= 11 is 0. The Labute approximate surface area is 220 Å². The molecule has 1 aliphatic carbocycles. The van der Waals surface area contributed by atoms with E-state index in [0.29, 0.717) is 41.0 Å². The van der Waals surface area contributed by atoms with Crippen molar-refractivity contribution < 1.29 is 19.1 Å². The van der Waals surface area contributed by atoms with Crippen LogP contribution in [0.4, 0.5) is 6.01 Å². The van der Waals surface area contributed by atoms with Gasteiger partial charge in [0.2, 0.25) is 0 Å². The number of anilines is 1. The Hall–Kier alpha value is -3.91. The van der Waals surface area contributed by atoms with Crippen LogP contribution >= 0.6 is 0 Å². The molecule has 1 N–H and O–H groups in total. The van der Waals surface area contributed by atoms with E-state index in [1.54, 1.807) is 11.7 Å². The van der Waals surface area contributed by atoms with E-state index in [9.17, 15) is 14.7 Å². The Morgan fingerprint density at radius 2 is 1.87 bits per heavy atom. The Morgan fingerprint density at radius 1 is 1.08 bits per heavy atom. The van der Waals surface area contributed by atoms with Gasteiger partial charge >= 0.3 is 5.97 Å². The van der Waals surface area contributed by atoms with Crippen LogP contribution in [0.1, 0.15) is 60.4 Å². The number of nitrogens with zero attached hydrogens (tertiary/aromatic N) is 3. The van der Waals surface area contributed by atoms with Gasteiger partial charge in [-0.25, -0.2) is 4.79 Å². The first-order valence-electron chi connectivity index (χ1n) is 13.3. The lowest BCUT2D eigenvalue weighted by Gasteiger charge is -2.21. The highest BCUT2D eigenvalue weighted by Gasteiger charge is 2.28. The van der Waals surface area contributed by atoms with Crippen molar-refractivity contribution in [2.75, 3.05) is 25.2 Å². The molecule has 0 spiro atoms. The molecule has 4 aromatic rings. The molecule has 1 aliphatic heterocycles. The van der Waals surface area contributed by atoms with Gasteiger partial charge in [-0.15, -0.1) is 0 Å². The molecule has 2 fully saturated rings. The van der Waals surface area contributed by atoms with Crippen molar-refractivity contribution >= 4 is 23.1 Å². The number of benzene rings is 2. The van der Waals surface area contributed by atoms with Crippen molar-refractivity contribution in [2.45, 2.75) is 50.5 Å². The lowest BCUT2D eigenvalue weighted by Crippen LogP contribution is -2.32. The van der Waals surface area contributed by atoms with Crippen molar-refractivity contribution in [1.82, 2.24) is 9.55 Å². The van der Waals surface area contributed by atoms with E-state index < -0.39 is 11.4 Å². The largest absolute Gasteiger partial charge is 0.477 e. The number of hydrogen-bond acceptors (Lipinski definition) is 6. The van der Waals surface area contributed by atoms with Gasteiger partial charge in [-0.3, -0.25) is 4.79 Å². The fourth-order valence-electron chi connectivity index (χ4n) is 5.94. The Bertz CT molecular complexity index is 1530. The zero-order valence-electron chi connectivity index (χ0n) is 21.4. The van der Waals surface area contributed by atoms with Crippen LogP contribution in [-0.2, 0) is 4.74 Å². The number of carboxylic acids is 1. The Kier molecular flexibility index (Phi) is 6.49. The Balaban J connectivity index is 1.41. The second-order valence-electron chi connectivity index (χ2n) is 10.3. The number of rotatable bonds is 7. The summed E-state index contributed by atoms with van der Waals surface area (Å²) in [5.41, 5.74) is 3.97. The standard InChI is InChI=1S/C30H31N3O5/c1-37-18-23-7-4-14-32(23)30-31-25-13-12-22(15-28(25)38-30)33-17-24(29(35)36)27(34)16-26(33)21-10-8-20(9-11-21)19-5-2-3-6-19/h8-13,15-17,19,23H,2-7,14,18H2,1H3,(H,35,36)/t23-/m1/s1. The fraction of sp³-hybridized carbons (Fsp3) is 0.367. The minimum atomic E-state index is -1.26. The van der Waals surface area contributed by atoms with Gasteiger partial charge < -0.3 is 23.7 Å². The molecule has 1 atom stereocenters. The molecule has 0 unspecified atom stereocenters. The fourth-order valence-corrected chi connectivity index (χ4v) is 5.94. The summed E-state index contributed by atoms with van der Waals surface area (Å²) in [6, 6.07) is 16.1. The van der Waals surface area contributed by atoms with Gasteiger partial charge in [0.1, 0.15) is 11.1 Å². The lowest BCUT2D eigenvalue weighted by atomic mass is 9.96. The highest BCUT2D eigenvalue weighted by atomic mass is 16.5. The van der Waals surface area contributed by atoms with E-state index in [2.05, 4.69) is 17.0 Å². The predicted molar refractivity (Wildman–Crippen MR) is 145 cm³/mol. The number of ether oxygens (including phenoxy) is 1. The topological polar surface area (TPSA) is 97.8 Å². The number of hydrogen-bond donors (Lipinski definition) is 1. The third kappa shape index (κ3) is 4.49. The van der Waals surface area contributed by atoms with Crippen LogP contribution in [0.3, 0.4) is 0 Å². The zero-order chi connectivity index (χ0) is 26.2. The summed E-state index contributed by atoms with van der Waals surface area (Å²) in [6.07, 6.45) is 8.42. The Morgan fingerprint density at radius 3 is 2.61 bits per heavy atom. The number of carbonyl (C=O) groups is 1. The van der Waals surface area contributed by atoms with E-state index in [4.69, 9.17) is 14.1 Å². The molecule has 0 amide bonds. The van der Waals surface area contributed by atoms with Crippen LogP contribution in [0, 0.1) is 0 Å². The van der Waals surface area contributed by atoms with Crippen LogP contribution in [0.25, 0.3) is 28.0 Å². The lowest BCUT2D eigenvalue weighted by molar-refractivity contribution is 0.0695. The molecule has 8 nitrogen and oxygen atoms in total. The summed E-state index contributed by atoms with van der Waals surface area (Å²) in [5.74, 6) is -0.670. The first-order valence-corrected chi connectivity index (χ1v) is 13.3. The molecular weight excluding hydrogens is 482 g/mol. The predicted octanol–water partition coefficient (Wildman–Crippen LogP) is 5.62. The molecule has 2 aromatic carbocycles. The maximum Gasteiger partial charge on any atom is 0.341 e. The summed E-state index contributed by atoms with van der Waals surface area (Å²) in [7, 11) is 1.70. The monoisotopic (exact) mass is 513 g/mol. The van der Waals surface area contributed by atoms with Crippen LogP contribution < -0.4 is 10.3 Å². The van der Waals surface area contributed by atoms with Gasteiger partial charge in [0.25, 0.3) is 6.01 Å². The quantitative estimate of drug-likeness (QED) is 0.343. The molecule has 38 heavy (non-hydrogen) atoms. The van der Waals surface area contributed by atoms with Crippen LogP contribution in [0.15, 0.2) is 63.9 Å². The molecule has 1 saturated heterocycles. The molecule has 0 radical (unpaired) electrons. The second-order valence-corrected chi connectivity index (χ2v) is 10.3. The van der Waals surface area contributed by atoms with E-state index in [1.807, 2.05) is 30.3 Å². The number of fused-ring (bicyclic) bond motifs is 1. The summed E-state index contributed by atoms with van der Waals surface area (Å²) < 4.78 is 13.3. The number of pyridine rings is 1. The van der Waals surface area contributed by atoms with Crippen molar-refractivity contribution in [1.29, 1.82) is 0 Å². The molecule has 3 heterocycles. The van der Waals surface area contributed by atoms with Gasteiger partial charge in [-0.05, 0) is 54.9 Å². The van der Waals surface area contributed by atoms with Gasteiger partial charge in [0.05, 0.1) is 18.3 Å². The van der Waals surface area contributed by atoms with E-state index >= 15 is 0 Å². The van der Waals surface area contributed by atoms with Crippen LogP contribution in [-0.4, -0.2) is 46.9 Å². The normalized spacial score (nSPS) is 18.0. The van der Waals surface area contributed by atoms with E-state index in [0.717, 1.165) is 24.9 Å². The second kappa shape index (κ2) is 10.1. The van der Waals surface area contributed by atoms with Crippen LogP contribution in [0.5, 0.6) is 0 Å². The first kappa shape index (κ1) is 24.4. The molecule has 2 aromatic heterocycles. The minimum Gasteiger partial charge on any atom is -0.477 e. The van der Waals surface area contributed by atoms with Crippen molar-refractivity contribution in [2.24, 2.45) is 0 Å². The first-order chi connectivity index (χ1) is 18.5. The minimum absolute atomic E-state index is 0.225. The van der Waals surface area contributed by atoms with Gasteiger partial charge in [0, 0.05) is 37.7 Å². The number of aromatic carboxylic acids is 1. The molecule has 0 bridgehead atoms.